The fourth-order valence-corrected chi connectivity index (χ4v) is 9.35. The highest BCUT2D eigenvalue weighted by Gasteiger charge is 2.41. The van der Waals surface area contributed by atoms with Crippen molar-refractivity contribution in [1.29, 1.82) is 0 Å². The van der Waals surface area contributed by atoms with Gasteiger partial charge < -0.3 is 40.1 Å². The summed E-state index contributed by atoms with van der Waals surface area (Å²) >= 11 is 6.14. The molecule has 0 aromatic heterocycles. The zero-order valence-corrected chi connectivity index (χ0v) is 33.6. The number of rotatable bonds is 10. The molecule has 18 heteroatoms. The van der Waals surface area contributed by atoms with E-state index in [1.807, 2.05) is 24.3 Å². The lowest BCUT2D eigenvalue weighted by atomic mass is 9.99. The first-order valence-corrected chi connectivity index (χ1v) is 20.9. The van der Waals surface area contributed by atoms with Gasteiger partial charge in [-0.05, 0) is 87.2 Å². The van der Waals surface area contributed by atoms with Crippen LogP contribution >= 0.6 is 11.6 Å². The summed E-state index contributed by atoms with van der Waals surface area (Å²) < 4.78 is 53.3. The van der Waals surface area contributed by atoms with Gasteiger partial charge in [0.15, 0.2) is 6.10 Å². The Balaban J connectivity index is 0.983. The first-order valence-electron chi connectivity index (χ1n) is 20.5. The number of carbonyl (C=O) groups excluding carboxylic acids is 5. The van der Waals surface area contributed by atoms with Gasteiger partial charge in [0.25, 0.3) is 5.91 Å². The van der Waals surface area contributed by atoms with Gasteiger partial charge in [-0.3, -0.25) is 19.3 Å². The number of nitrogens with zero attached hydrogens (tertiary/aromatic N) is 5. The van der Waals surface area contributed by atoms with Gasteiger partial charge in [-0.15, -0.1) is 0 Å². The molecule has 4 saturated heterocycles. The normalized spacial score (nSPS) is 21.6. The molecule has 3 N–H and O–H groups in total. The number of halogens is 4. The van der Waals surface area contributed by atoms with Crippen molar-refractivity contribution in [2.75, 3.05) is 70.0 Å². The molecule has 4 fully saturated rings. The van der Waals surface area contributed by atoms with Gasteiger partial charge in [-0.25, -0.2) is 9.59 Å². The Morgan fingerprint density at radius 1 is 0.881 bits per heavy atom. The summed E-state index contributed by atoms with van der Waals surface area (Å²) in [5.74, 6) is -0.815. The molecule has 59 heavy (non-hydrogen) atoms. The van der Waals surface area contributed by atoms with E-state index in [2.05, 4.69) is 10.2 Å². The molecule has 5 amide bonds. The second-order valence-electron chi connectivity index (χ2n) is 16.0. The number of carbonyl (C=O) groups is 5. The quantitative estimate of drug-likeness (QED) is 0.244. The number of urea groups is 1. The molecule has 2 aromatic carbocycles. The summed E-state index contributed by atoms with van der Waals surface area (Å²) in [7, 11) is 0. The summed E-state index contributed by atoms with van der Waals surface area (Å²) in [5, 5.41) is 2.64. The maximum absolute atomic E-state index is 14.2. The summed E-state index contributed by atoms with van der Waals surface area (Å²) in [5.41, 5.74) is 5.73. The number of nitrogen functional groups attached to an aromatic ring is 1. The van der Waals surface area contributed by atoms with Crippen molar-refractivity contribution in [3.63, 3.8) is 0 Å². The number of hydrogen-bond donors (Lipinski definition) is 2. The highest BCUT2D eigenvalue weighted by Crippen LogP contribution is 2.38. The van der Waals surface area contributed by atoms with Gasteiger partial charge in [0.2, 0.25) is 5.91 Å². The van der Waals surface area contributed by atoms with Crippen LogP contribution in [-0.4, -0.2) is 138 Å². The number of para-hydroxylation sites is 1. The van der Waals surface area contributed by atoms with E-state index in [4.69, 9.17) is 26.8 Å². The Bertz CT molecular complexity index is 1900. The van der Waals surface area contributed by atoms with Crippen molar-refractivity contribution in [2.45, 2.75) is 94.6 Å². The second-order valence-corrected chi connectivity index (χ2v) is 16.4. The molecule has 0 aliphatic carbocycles. The predicted molar refractivity (Wildman–Crippen MR) is 211 cm³/mol. The number of fused-ring (bicyclic) bond motifs is 1. The Morgan fingerprint density at radius 2 is 1.59 bits per heavy atom. The molecule has 0 saturated carbocycles. The average Bonchev–Trinajstić information content (AvgIpc) is 3.84. The summed E-state index contributed by atoms with van der Waals surface area (Å²) in [6.07, 6.45) is -2.02. The number of hydrogen-bond acceptors (Lipinski definition) is 9. The van der Waals surface area contributed by atoms with Gasteiger partial charge in [-0.1, -0.05) is 29.8 Å². The lowest BCUT2D eigenvalue weighted by Crippen LogP contribution is -2.53. The van der Waals surface area contributed by atoms with E-state index in [1.165, 1.54) is 11.0 Å². The van der Waals surface area contributed by atoms with E-state index in [1.54, 1.807) is 14.7 Å². The molecule has 5 heterocycles. The van der Waals surface area contributed by atoms with Crippen molar-refractivity contribution < 1.29 is 46.6 Å². The molecule has 0 bridgehead atoms. The third-order valence-corrected chi connectivity index (χ3v) is 12.6. The molecule has 14 nitrogen and oxygen atoms in total. The predicted octanol–water partition coefficient (Wildman–Crippen LogP) is 5.16. The number of nitrogens with two attached hydrogens (primary N) is 1. The van der Waals surface area contributed by atoms with Gasteiger partial charge in [-0.2, -0.15) is 13.2 Å². The lowest BCUT2D eigenvalue weighted by molar-refractivity contribution is -0.152. The zero-order chi connectivity index (χ0) is 41.8. The SMILES string of the molecule is Nc1c(Cl)cc(C[C@@H](OC(=O)N2CCC(N3CCc4ccccc4NC3=O)CC2)C(=O)N2CCC(N3CCC[C@H]3C(=O)OCCN3CCCC3=O)CC2)cc1C(F)(F)F. The molecule has 320 valence electrons. The van der Waals surface area contributed by atoms with Crippen LogP contribution in [0.5, 0.6) is 0 Å². The standard InChI is InChI=1S/C41H51ClF3N7O7/c42-31-24-26(23-30(36(31)46)41(43,44)45)25-34(59-40(57)50-18-12-29(13-19-50)52-20-9-27-5-1-2-6-32(27)47-39(52)56)37(54)49-16-10-28(11-17-49)51-15-3-7-33(51)38(55)58-22-21-48-14-4-8-35(48)53/h1-2,5-6,23-24,28-29,33-34H,3-4,7-22,25,46H2,(H,47,56)/t33-,34+/m0/s1. The van der Waals surface area contributed by atoms with Crippen LogP contribution in [0, 0.1) is 0 Å². The number of likely N-dealkylation sites (tertiary alicyclic amines) is 4. The number of amides is 5. The van der Waals surface area contributed by atoms with E-state index < -0.39 is 41.6 Å². The monoisotopic (exact) mass is 845 g/mol. The van der Waals surface area contributed by atoms with Gasteiger partial charge >= 0.3 is 24.3 Å². The molecule has 2 atom stereocenters. The third kappa shape index (κ3) is 9.83. The summed E-state index contributed by atoms with van der Waals surface area (Å²) in [4.78, 5) is 74.8. The topological polar surface area (TPSA) is 158 Å². The third-order valence-electron chi connectivity index (χ3n) is 12.3. The smallest absolute Gasteiger partial charge is 0.418 e. The van der Waals surface area contributed by atoms with E-state index in [0.29, 0.717) is 71.1 Å². The molecule has 0 spiro atoms. The van der Waals surface area contributed by atoms with E-state index >= 15 is 0 Å². The molecule has 7 rings (SSSR count). The van der Waals surface area contributed by atoms with Crippen molar-refractivity contribution in [3.8, 4) is 0 Å². The highest BCUT2D eigenvalue weighted by atomic mass is 35.5. The van der Waals surface area contributed by atoms with Crippen LogP contribution in [0.3, 0.4) is 0 Å². The van der Waals surface area contributed by atoms with Crippen molar-refractivity contribution >= 4 is 52.9 Å². The van der Waals surface area contributed by atoms with Gasteiger partial charge in [0, 0.05) is 69.9 Å². The van der Waals surface area contributed by atoms with Crippen molar-refractivity contribution in [3.05, 3.63) is 58.1 Å². The summed E-state index contributed by atoms with van der Waals surface area (Å²) in [6, 6.07) is 8.91. The molecule has 0 unspecified atom stereocenters. The Labute approximate surface area is 346 Å². The van der Waals surface area contributed by atoms with Crippen LogP contribution in [0.2, 0.25) is 5.02 Å². The number of anilines is 2. The van der Waals surface area contributed by atoms with Crippen LogP contribution in [0.15, 0.2) is 36.4 Å². The fraction of sp³-hybridized carbons (Fsp3) is 0.585. The largest absolute Gasteiger partial charge is 0.463 e. The number of nitrogens with one attached hydrogen (secondary N) is 1. The number of alkyl halides is 3. The number of piperidine rings is 2. The van der Waals surface area contributed by atoms with E-state index in [9.17, 15) is 37.1 Å². The average molecular weight is 846 g/mol. The first kappa shape index (κ1) is 42.4. The van der Waals surface area contributed by atoms with Crippen LogP contribution in [0.25, 0.3) is 0 Å². The summed E-state index contributed by atoms with van der Waals surface area (Å²) in [6.45, 7) is 3.41. The molecular weight excluding hydrogens is 795 g/mol. The van der Waals surface area contributed by atoms with Gasteiger partial charge in [0.05, 0.1) is 22.8 Å². The Morgan fingerprint density at radius 3 is 2.31 bits per heavy atom. The Kier molecular flexibility index (Phi) is 13.1. The molecule has 2 aromatic rings. The van der Waals surface area contributed by atoms with Crippen LogP contribution in [-0.2, 0) is 42.9 Å². The Hall–Kier alpha value is -4.77. The van der Waals surface area contributed by atoms with Crippen molar-refractivity contribution in [2.24, 2.45) is 0 Å². The molecule has 0 radical (unpaired) electrons. The fourth-order valence-electron chi connectivity index (χ4n) is 9.11. The maximum Gasteiger partial charge on any atom is 0.418 e. The molecular formula is C41H51ClF3N7O7. The second kappa shape index (κ2) is 18.2. The molecule has 5 aliphatic heterocycles. The van der Waals surface area contributed by atoms with E-state index in [-0.39, 0.29) is 79.8 Å². The van der Waals surface area contributed by atoms with Gasteiger partial charge in [0.1, 0.15) is 12.6 Å². The number of ether oxygens (including phenoxy) is 2. The van der Waals surface area contributed by atoms with Crippen LogP contribution in [0.1, 0.15) is 68.1 Å². The maximum atomic E-state index is 14.2. The molecule has 5 aliphatic rings. The minimum Gasteiger partial charge on any atom is -0.463 e. The number of esters is 1. The van der Waals surface area contributed by atoms with E-state index in [0.717, 1.165) is 30.2 Å². The van der Waals surface area contributed by atoms with Crippen LogP contribution < -0.4 is 11.1 Å². The lowest BCUT2D eigenvalue weighted by Gasteiger charge is -2.40. The van der Waals surface area contributed by atoms with Crippen LogP contribution in [0.4, 0.5) is 34.1 Å². The minimum atomic E-state index is -4.81. The van der Waals surface area contributed by atoms with Crippen molar-refractivity contribution in [1.82, 2.24) is 24.5 Å². The number of benzene rings is 2. The first-order chi connectivity index (χ1) is 28.3. The minimum absolute atomic E-state index is 0.0211. The highest BCUT2D eigenvalue weighted by molar-refractivity contribution is 6.33. The zero-order valence-electron chi connectivity index (χ0n) is 32.9.